The van der Waals surface area contributed by atoms with Gasteiger partial charge >= 0.3 is 19.8 Å². The summed E-state index contributed by atoms with van der Waals surface area (Å²) in [5, 5.41) is 0. The molecular weight excluding hydrogens is 603 g/mol. The highest BCUT2D eigenvalue weighted by molar-refractivity contribution is 7.46. The van der Waals surface area contributed by atoms with Crippen molar-refractivity contribution in [2.24, 2.45) is 0 Å². The van der Waals surface area contributed by atoms with Crippen molar-refractivity contribution >= 4 is 19.8 Å². The number of rotatable bonds is 29. The molecule has 0 amide bonds. The lowest BCUT2D eigenvalue weighted by molar-refractivity contribution is -0.161. The highest BCUT2D eigenvalue weighted by atomic mass is 31.2. The Morgan fingerprint density at radius 1 is 0.565 bits per heavy atom. The maximum Gasteiger partial charge on any atom is 0.469 e. The molecular formula is C37H59O8P. The fraction of sp³-hybridized carbons (Fsp3) is 0.568. The molecule has 0 saturated heterocycles. The minimum absolute atomic E-state index is 0.178. The first-order valence-corrected chi connectivity index (χ1v) is 18.5. The van der Waals surface area contributed by atoms with Gasteiger partial charge in [-0.15, -0.1) is 0 Å². The van der Waals surface area contributed by atoms with Crippen LogP contribution in [-0.4, -0.2) is 41.0 Å². The van der Waals surface area contributed by atoms with Gasteiger partial charge < -0.3 is 19.3 Å². The Labute approximate surface area is 278 Å². The molecule has 0 heterocycles. The fourth-order valence-electron chi connectivity index (χ4n) is 4.09. The number of phosphoric acid groups is 1. The van der Waals surface area contributed by atoms with E-state index in [1.165, 1.54) is 0 Å². The van der Waals surface area contributed by atoms with Crippen LogP contribution in [0.25, 0.3) is 0 Å². The lowest BCUT2D eigenvalue weighted by Gasteiger charge is -2.18. The van der Waals surface area contributed by atoms with Gasteiger partial charge in [0.25, 0.3) is 0 Å². The standard InChI is InChI=1S/C37H59O8P/c1-3-5-7-9-11-13-15-17-18-20-21-23-25-27-29-31-36(38)43-33-35(34-44-46(40,41)42)45-37(39)32-30-28-26-24-22-19-16-14-12-10-8-6-4-2/h5-18,35H,3-4,19-34H2,1-2H3,(H2,40,41,42)/b7-5+,8-6+,11-9+,12-10+,15-13+,16-14+,18-17+. The molecule has 2 N–H and O–H groups in total. The Balaban J connectivity index is 4.12. The monoisotopic (exact) mass is 662 g/mol. The molecule has 260 valence electrons. The van der Waals surface area contributed by atoms with E-state index in [1.54, 1.807) is 0 Å². The molecule has 0 fully saturated rings. The molecule has 9 heteroatoms. The number of carbonyl (C=O) groups is 2. The molecule has 1 unspecified atom stereocenters. The molecule has 0 aliphatic heterocycles. The van der Waals surface area contributed by atoms with E-state index in [4.69, 9.17) is 19.3 Å². The molecule has 0 aromatic rings. The normalized spacial score (nSPS) is 13.6. The Morgan fingerprint density at radius 2 is 0.978 bits per heavy atom. The van der Waals surface area contributed by atoms with E-state index in [1.807, 2.05) is 48.6 Å². The molecule has 0 rings (SSSR count). The Hall–Kier alpha value is -2.77. The van der Waals surface area contributed by atoms with Gasteiger partial charge in [0.1, 0.15) is 6.61 Å². The lowest BCUT2D eigenvalue weighted by Crippen LogP contribution is -2.29. The van der Waals surface area contributed by atoms with Gasteiger partial charge in [-0.1, -0.05) is 137 Å². The van der Waals surface area contributed by atoms with Crippen LogP contribution < -0.4 is 0 Å². The Kier molecular flexibility index (Phi) is 30.2. The molecule has 0 spiro atoms. The van der Waals surface area contributed by atoms with Crippen molar-refractivity contribution in [2.45, 2.75) is 123 Å². The maximum atomic E-state index is 12.3. The number of unbranched alkanes of at least 4 members (excludes halogenated alkanes) is 10. The molecule has 0 bridgehead atoms. The third kappa shape index (κ3) is 34.1. The maximum absolute atomic E-state index is 12.3. The second-order valence-electron chi connectivity index (χ2n) is 10.9. The predicted molar refractivity (Wildman–Crippen MR) is 188 cm³/mol. The summed E-state index contributed by atoms with van der Waals surface area (Å²) in [6.45, 7) is 3.33. The van der Waals surface area contributed by atoms with E-state index < -0.39 is 32.5 Å². The largest absolute Gasteiger partial charge is 0.469 e. The third-order valence-electron chi connectivity index (χ3n) is 6.56. The smallest absolute Gasteiger partial charge is 0.462 e. The molecule has 0 aromatic carbocycles. The van der Waals surface area contributed by atoms with Crippen molar-refractivity contribution in [1.29, 1.82) is 0 Å². The SMILES string of the molecule is CC/C=C/C=C/C=C/C=C/CCCCCCCC(=O)OCC(COP(=O)(O)O)OC(=O)CCCCCCC/C=C/C=C/C=C/CC. The average Bonchev–Trinajstić information content (AvgIpc) is 3.02. The number of hydrogen-bond acceptors (Lipinski definition) is 6. The Bertz CT molecular complexity index is 1020. The van der Waals surface area contributed by atoms with E-state index in [2.05, 4.69) is 54.8 Å². The van der Waals surface area contributed by atoms with Crippen LogP contribution in [0.2, 0.25) is 0 Å². The summed E-state index contributed by atoms with van der Waals surface area (Å²) in [7, 11) is -4.76. The zero-order valence-corrected chi connectivity index (χ0v) is 29.1. The zero-order chi connectivity index (χ0) is 34.0. The molecule has 8 nitrogen and oxygen atoms in total. The van der Waals surface area contributed by atoms with E-state index in [-0.39, 0.29) is 19.4 Å². The topological polar surface area (TPSA) is 119 Å². The average molecular weight is 663 g/mol. The first kappa shape index (κ1) is 43.2. The molecule has 0 aromatic heterocycles. The summed E-state index contributed by atoms with van der Waals surface area (Å²) in [4.78, 5) is 42.6. The summed E-state index contributed by atoms with van der Waals surface area (Å²) in [6, 6.07) is 0. The first-order chi connectivity index (χ1) is 22.3. The van der Waals surface area contributed by atoms with Crippen molar-refractivity contribution < 1.29 is 37.9 Å². The summed E-state index contributed by atoms with van der Waals surface area (Å²) >= 11 is 0. The van der Waals surface area contributed by atoms with Crippen molar-refractivity contribution in [1.82, 2.24) is 0 Å². The van der Waals surface area contributed by atoms with Crippen molar-refractivity contribution in [2.75, 3.05) is 13.2 Å². The third-order valence-corrected chi connectivity index (χ3v) is 7.05. The van der Waals surface area contributed by atoms with Crippen LogP contribution in [0, 0.1) is 0 Å². The van der Waals surface area contributed by atoms with Gasteiger partial charge in [0.05, 0.1) is 6.61 Å². The lowest BCUT2D eigenvalue weighted by atomic mass is 10.1. The van der Waals surface area contributed by atoms with Gasteiger partial charge in [0.2, 0.25) is 0 Å². The number of esters is 2. The second kappa shape index (κ2) is 32.2. The van der Waals surface area contributed by atoms with Crippen LogP contribution in [0.4, 0.5) is 0 Å². The van der Waals surface area contributed by atoms with Crippen molar-refractivity contribution in [3.63, 3.8) is 0 Å². The number of carbonyl (C=O) groups excluding carboxylic acids is 2. The highest BCUT2D eigenvalue weighted by Gasteiger charge is 2.22. The minimum atomic E-state index is -4.76. The first-order valence-electron chi connectivity index (χ1n) is 17.0. The molecule has 0 saturated carbocycles. The van der Waals surface area contributed by atoms with Crippen LogP contribution in [0.5, 0.6) is 0 Å². The zero-order valence-electron chi connectivity index (χ0n) is 28.2. The van der Waals surface area contributed by atoms with Crippen LogP contribution in [0.3, 0.4) is 0 Å². The molecule has 0 aliphatic rings. The van der Waals surface area contributed by atoms with Gasteiger partial charge in [-0.05, 0) is 51.4 Å². The number of ether oxygens (including phenoxy) is 2. The molecule has 0 aliphatic carbocycles. The number of allylic oxidation sites excluding steroid dienone is 14. The predicted octanol–water partition coefficient (Wildman–Crippen LogP) is 9.73. The van der Waals surface area contributed by atoms with Gasteiger partial charge in [-0.25, -0.2) is 4.57 Å². The van der Waals surface area contributed by atoms with Crippen molar-refractivity contribution in [3.05, 3.63) is 85.1 Å². The summed E-state index contributed by atoms with van der Waals surface area (Å²) in [5.74, 6) is -0.949. The molecule has 1 atom stereocenters. The van der Waals surface area contributed by atoms with Crippen LogP contribution in [0.15, 0.2) is 85.1 Å². The summed E-state index contributed by atoms with van der Waals surface area (Å²) in [5.41, 5.74) is 0. The minimum Gasteiger partial charge on any atom is -0.462 e. The van der Waals surface area contributed by atoms with Crippen LogP contribution >= 0.6 is 7.82 Å². The molecule has 0 radical (unpaired) electrons. The number of hydrogen-bond donors (Lipinski definition) is 2. The summed E-state index contributed by atoms with van der Waals surface area (Å²) in [6.07, 6.45) is 41.6. The molecule has 46 heavy (non-hydrogen) atoms. The van der Waals surface area contributed by atoms with Gasteiger partial charge in [0.15, 0.2) is 6.10 Å². The van der Waals surface area contributed by atoms with Gasteiger partial charge in [-0.2, -0.15) is 0 Å². The summed E-state index contributed by atoms with van der Waals surface area (Å²) < 4.78 is 26.2. The highest BCUT2D eigenvalue weighted by Crippen LogP contribution is 2.35. The van der Waals surface area contributed by atoms with Gasteiger partial charge in [-0.3, -0.25) is 14.1 Å². The van der Waals surface area contributed by atoms with Crippen LogP contribution in [0.1, 0.15) is 117 Å². The quantitative estimate of drug-likeness (QED) is 0.0352. The fourth-order valence-corrected chi connectivity index (χ4v) is 4.45. The second-order valence-corrected chi connectivity index (χ2v) is 12.1. The van der Waals surface area contributed by atoms with Gasteiger partial charge in [0, 0.05) is 12.8 Å². The van der Waals surface area contributed by atoms with E-state index in [0.717, 1.165) is 77.0 Å². The van der Waals surface area contributed by atoms with Crippen LogP contribution in [-0.2, 0) is 28.2 Å². The number of phosphoric ester groups is 1. The van der Waals surface area contributed by atoms with E-state index >= 15 is 0 Å². The van der Waals surface area contributed by atoms with E-state index in [9.17, 15) is 14.2 Å². The Morgan fingerprint density at radius 3 is 1.46 bits per heavy atom. The van der Waals surface area contributed by atoms with E-state index in [0.29, 0.717) is 12.8 Å². The van der Waals surface area contributed by atoms with Crippen molar-refractivity contribution in [3.8, 4) is 0 Å².